The highest BCUT2D eigenvalue weighted by Crippen LogP contribution is 2.35. The molecule has 0 spiro atoms. The van der Waals surface area contributed by atoms with E-state index in [-0.39, 0.29) is 17.2 Å². The largest absolute Gasteiger partial charge is 0.508 e. The highest BCUT2D eigenvalue weighted by molar-refractivity contribution is 7.21. The number of rotatable bonds is 1. The average molecular weight is 259 g/mol. The van der Waals surface area contributed by atoms with Gasteiger partial charge in [0.05, 0.1) is 10.2 Å². The molecule has 1 heterocycles. The van der Waals surface area contributed by atoms with Gasteiger partial charge < -0.3 is 15.3 Å². The zero-order chi connectivity index (χ0) is 12.7. The van der Waals surface area contributed by atoms with Crippen LogP contribution in [0.2, 0.25) is 0 Å². The van der Waals surface area contributed by atoms with Crippen LogP contribution >= 0.6 is 11.3 Å². The average Bonchev–Trinajstić information content (AvgIpc) is 2.75. The van der Waals surface area contributed by atoms with E-state index in [0.717, 1.165) is 20.8 Å². The number of phenols is 3. The molecule has 1 aromatic heterocycles. The molecule has 3 N–H and O–H groups in total. The van der Waals surface area contributed by atoms with E-state index in [9.17, 15) is 15.3 Å². The summed E-state index contributed by atoms with van der Waals surface area (Å²) < 4.78 is 0.873. The van der Waals surface area contributed by atoms with Gasteiger partial charge >= 0.3 is 0 Å². The van der Waals surface area contributed by atoms with Crippen molar-refractivity contribution in [3.05, 3.63) is 36.4 Å². The first-order chi connectivity index (χ1) is 8.63. The van der Waals surface area contributed by atoms with Crippen molar-refractivity contribution in [1.82, 2.24) is 4.98 Å². The minimum atomic E-state index is -0.172. The van der Waals surface area contributed by atoms with Crippen LogP contribution in [0.5, 0.6) is 17.2 Å². The van der Waals surface area contributed by atoms with Crippen LogP contribution in [0.4, 0.5) is 0 Å². The second kappa shape index (κ2) is 3.89. The van der Waals surface area contributed by atoms with Crippen molar-refractivity contribution in [2.45, 2.75) is 0 Å². The Morgan fingerprint density at radius 3 is 2.50 bits per heavy atom. The van der Waals surface area contributed by atoms with Gasteiger partial charge in [-0.1, -0.05) is 0 Å². The van der Waals surface area contributed by atoms with Crippen LogP contribution in [0, 0.1) is 0 Å². The first kappa shape index (κ1) is 10.9. The first-order valence-electron chi connectivity index (χ1n) is 5.25. The molecule has 0 atom stereocenters. The number of hydrogen-bond donors (Lipinski definition) is 3. The number of hydrogen-bond acceptors (Lipinski definition) is 5. The van der Waals surface area contributed by atoms with E-state index < -0.39 is 0 Å². The van der Waals surface area contributed by atoms with Gasteiger partial charge in [-0.15, -0.1) is 11.3 Å². The summed E-state index contributed by atoms with van der Waals surface area (Å²) in [5.74, 6) is -0.127. The molecule has 3 aromatic rings. The molecule has 5 heteroatoms. The monoisotopic (exact) mass is 259 g/mol. The molecule has 18 heavy (non-hydrogen) atoms. The zero-order valence-electron chi connectivity index (χ0n) is 9.16. The van der Waals surface area contributed by atoms with E-state index in [1.165, 1.54) is 23.5 Å². The molecule has 4 nitrogen and oxygen atoms in total. The molecule has 2 aromatic carbocycles. The van der Waals surface area contributed by atoms with Crippen LogP contribution in [0.25, 0.3) is 20.8 Å². The lowest BCUT2D eigenvalue weighted by atomic mass is 10.2. The van der Waals surface area contributed by atoms with Gasteiger partial charge in [0.25, 0.3) is 0 Å². The summed E-state index contributed by atoms with van der Waals surface area (Å²) in [6.45, 7) is 0. The standard InChI is InChI=1S/C13H9NO3S/c15-8-2-3-9-12(6-8)18-13(14-9)7-1-4-10(16)11(17)5-7/h1-6,15-17H. The van der Waals surface area contributed by atoms with Crippen LogP contribution in [0.3, 0.4) is 0 Å². The molecule has 0 radical (unpaired) electrons. The van der Waals surface area contributed by atoms with Gasteiger partial charge in [0.2, 0.25) is 0 Å². The van der Waals surface area contributed by atoms with Crippen LogP contribution in [0.15, 0.2) is 36.4 Å². The summed E-state index contributed by atoms with van der Waals surface area (Å²) >= 11 is 1.42. The molecule has 90 valence electrons. The molecule has 0 fully saturated rings. The lowest BCUT2D eigenvalue weighted by molar-refractivity contribution is 0.404. The lowest BCUT2D eigenvalue weighted by Crippen LogP contribution is -1.76. The van der Waals surface area contributed by atoms with Gasteiger partial charge in [-0.2, -0.15) is 0 Å². The van der Waals surface area contributed by atoms with Crippen LogP contribution in [-0.4, -0.2) is 20.3 Å². The van der Waals surface area contributed by atoms with Crippen molar-refractivity contribution in [3.8, 4) is 27.8 Å². The molecule has 0 amide bonds. The van der Waals surface area contributed by atoms with E-state index in [1.807, 2.05) is 0 Å². The third kappa shape index (κ3) is 1.74. The summed E-state index contributed by atoms with van der Waals surface area (Å²) in [5, 5.41) is 28.9. The maximum Gasteiger partial charge on any atom is 0.158 e. The highest BCUT2D eigenvalue weighted by Gasteiger charge is 2.09. The highest BCUT2D eigenvalue weighted by atomic mass is 32.1. The number of benzene rings is 2. The third-order valence-electron chi connectivity index (χ3n) is 2.59. The van der Waals surface area contributed by atoms with Crippen LogP contribution < -0.4 is 0 Å². The molecule has 0 aliphatic carbocycles. The predicted octanol–water partition coefficient (Wildman–Crippen LogP) is 3.08. The topological polar surface area (TPSA) is 73.6 Å². The van der Waals surface area contributed by atoms with Crippen molar-refractivity contribution in [3.63, 3.8) is 0 Å². The first-order valence-corrected chi connectivity index (χ1v) is 6.07. The molecule has 0 unspecified atom stereocenters. The minimum absolute atomic E-state index is 0.155. The van der Waals surface area contributed by atoms with Crippen molar-refractivity contribution in [2.24, 2.45) is 0 Å². The summed E-state index contributed by atoms with van der Waals surface area (Å²) in [5.41, 5.74) is 1.52. The van der Waals surface area contributed by atoms with E-state index in [2.05, 4.69) is 4.98 Å². The lowest BCUT2D eigenvalue weighted by Gasteiger charge is -1.99. The van der Waals surface area contributed by atoms with Gasteiger partial charge in [0, 0.05) is 5.56 Å². The van der Waals surface area contributed by atoms with E-state index >= 15 is 0 Å². The Balaban J connectivity index is 2.16. The smallest absolute Gasteiger partial charge is 0.158 e. The number of fused-ring (bicyclic) bond motifs is 1. The minimum Gasteiger partial charge on any atom is -0.508 e. The van der Waals surface area contributed by atoms with Crippen LogP contribution in [0.1, 0.15) is 0 Å². The Morgan fingerprint density at radius 2 is 1.72 bits per heavy atom. The van der Waals surface area contributed by atoms with E-state index in [4.69, 9.17) is 0 Å². The number of phenolic OH excluding ortho intramolecular Hbond substituents is 3. The van der Waals surface area contributed by atoms with Crippen molar-refractivity contribution in [1.29, 1.82) is 0 Å². The second-order valence-electron chi connectivity index (χ2n) is 3.87. The molecule has 0 saturated carbocycles. The van der Waals surface area contributed by atoms with E-state index in [0.29, 0.717) is 0 Å². The van der Waals surface area contributed by atoms with Gasteiger partial charge in [0.1, 0.15) is 10.8 Å². The number of nitrogens with zero attached hydrogens (tertiary/aromatic N) is 1. The molecule has 3 rings (SSSR count). The molecular formula is C13H9NO3S. The maximum atomic E-state index is 9.47. The fraction of sp³-hybridized carbons (Fsp3) is 0. The SMILES string of the molecule is Oc1ccc2nc(-c3ccc(O)c(O)c3)sc2c1. The predicted molar refractivity (Wildman–Crippen MR) is 70.1 cm³/mol. The van der Waals surface area contributed by atoms with Crippen molar-refractivity contribution in [2.75, 3.05) is 0 Å². The summed E-state index contributed by atoms with van der Waals surface area (Å²) in [7, 11) is 0. The third-order valence-corrected chi connectivity index (χ3v) is 3.66. The van der Waals surface area contributed by atoms with Gasteiger partial charge in [-0.05, 0) is 36.4 Å². The molecule has 0 bridgehead atoms. The molecule has 0 aliphatic heterocycles. The quantitative estimate of drug-likeness (QED) is 0.587. The Kier molecular flexibility index (Phi) is 2.34. The Hall–Kier alpha value is -2.27. The fourth-order valence-electron chi connectivity index (χ4n) is 1.69. The van der Waals surface area contributed by atoms with Gasteiger partial charge in [-0.3, -0.25) is 0 Å². The second-order valence-corrected chi connectivity index (χ2v) is 4.91. The normalized spacial score (nSPS) is 10.9. The zero-order valence-corrected chi connectivity index (χ0v) is 9.98. The summed E-state index contributed by atoms with van der Waals surface area (Å²) in [6, 6.07) is 9.55. The Bertz CT molecular complexity index is 736. The Labute approximate surface area is 106 Å². The van der Waals surface area contributed by atoms with Gasteiger partial charge in [0.15, 0.2) is 11.5 Å². The fourth-order valence-corrected chi connectivity index (χ4v) is 2.69. The van der Waals surface area contributed by atoms with Crippen LogP contribution in [-0.2, 0) is 0 Å². The summed E-state index contributed by atoms with van der Waals surface area (Å²) in [4.78, 5) is 4.41. The molecule has 0 aliphatic rings. The number of thiazole rings is 1. The van der Waals surface area contributed by atoms with Crippen molar-refractivity contribution < 1.29 is 15.3 Å². The van der Waals surface area contributed by atoms with Crippen molar-refractivity contribution >= 4 is 21.6 Å². The van der Waals surface area contributed by atoms with Gasteiger partial charge in [-0.25, -0.2) is 4.98 Å². The number of aromatic hydroxyl groups is 3. The maximum absolute atomic E-state index is 9.47. The van der Waals surface area contributed by atoms with E-state index in [1.54, 1.807) is 24.3 Å². The Morgan fingerprint density at radius 1 is 0.889 bits per heavy atom. The number of aromatic nitrogens is 1. The molecule has 0 saturated heterocycles. The molecular weight excluding hydrogens is 250 g/mol. The summed E-state index contributed by atoms with van der Waals surface area (Å²) in [6.07, 6.45) is 0.